The fraction of sp³-hybridized carbons (Fsp3) is 0.562. The molecule has 2 rings (SSSR count). The number of hydrogen-bond donors (Lipinski definition) is 2. The number of nitrogens with one attached hydrogen (secondary N) is 2. The van der Waals surface area contributed by atoms with Gasteiger partial charge in [0.1, 0.15) is 5.75 Å². The Morgan fingerprint density at radius 2 is 2.17 bits per heavy atom. The van der Waals surface area contributed by atoms with Crippen LogP contribution in [0.15, 0.2) is 28.7 Å². The maximum Gasteiger partial charge on any atom is 0.260 e. The fourth-order valence-electron chi connectivity index (χ4n) is 2.39. The van der Waals surface area contributed by atoms with Gasteiger partial charge < -0.3 is 20.3 Å². The minimum atomic E-state index is -0.492. The highest BCUT2D eigenvalue weighted by Gasteiger charge is 2.14. The van der Waals surface area contributed by atoms with Crippen molar-refractivity contribution in [3.8, 4) is 5.75 Å². The number of carbonyl (C=O) groups excluding carboxylic acids is 1. The normalized spacial score (nSPS) is 16.3. The molecule has 0 aromatic heterocycles. The molecule has 1 aromatic carbocycles. The Hall–Kier alpha value is -0.820. The van der Waals surface area contributed by atoms with E-state index in [-0.39, 0.29) is 18.3 Å². The van der Waals surface area contributed by atoms with Gasteiger partial charge in [0.15, 0.2) is 6.10 Å². The number of rotatable bonds is 7. The van der Waals surface area contributed by atoms with Crippen molar-refractivity contribution in [2.75, 3.05) is 39.3 Å². The molecule has 1 unspecified atom stereocenters. The Bertz CT molecular complexity index is 484. The third-order valence-electron chi connectivity index (χ3n) is 3.64. The van der Waals surface area contributed by atoms with Crippen LogP contribution in [-0.2, 0) is 4.79 Å². The van der Waals surface area contributed by atoms with Gasteiger partial charge in [-0.15, -0.1) is 12.4 Å². The SMILES string of the molecule is CC(Oc1cccc(Br)c1)C(=O)NCCCN1CCNCC1.Cl. The smallest absolute Gasteiger partial charge is 0.260 e. The van der Waals surface area contributed by atoms with Gasteiger partial charge in [0.05, 0.1) is 0 Å². The van der Waals surface area contributed by atoms with Crippen molar-refractivity contribution >= 4 is 34.2 Å². The van der Waals surface area contributed by atoms with E-state index in [1.807, 2.05) is 24.3 Å². The lowest BCUT2D eigenvalue weighted by molar-refractivity contribution is -0.127. The molecule has 5 nitrogen and oxygen atoms in total. The maximum atomic E-state index is 12.0. The summed E-state index contributed by atoms with van der Waals surface area (Å²) in [6.45, 7) is 7.80. The molecule has 0 saturated carbocycles. The van der Waals surface area contributed by atoms with E-state index in [2.05, 4.69) is 31.5 Å². The number of halogens is 2. The Morgan fingerprint density at radius 1 is 1.43 bits per heavy atom. The number of hydrogen-bond acceptors (Lipinski definition) is 4. The second-order valence-corrected chi connectivity index (χ2v) is 6.37. The lowest BCUT2D eigenvalue weighted by Gasteiger charge is -2.27. The van der Waals surface area contributed by atoms with Gasteiger partial charge in [0.25, 0.3) is 5.91 Å². The zero-order chi connectivity index (χ0) is 15.8. The number of nitrogens with zero attached hydrogens (tertiary/aromatic N) is 1. The van der Waals surface area contributed by atoms with Crippen molar-refractivity contribution < 1.29 is 9.53 Å². The summed E-state index contributed by atoms with van der Waals surface area (Å²) in [5.74, 6) is 0.623. The molecule has 1 fully saturated rings. The number of carbonyl (C=O) groups is 1. The molecular formula is C16H25BrClN3O2. The molecule has 130 valence electrons. The Labute approximate surface area is 152 Å². The average molecular weight is 407 g/mol. The monoisotopic (exact) mass is 405 g/mol. The first-order valence-corrected chi connectivity index (χ1v) is 8.57. The number of piperazine rings is 1. The van der Waals surface area contributed by atoms with Crippen molar-refractivity contribution in [3.05, 3.63) is 28.7 Å². The molecule has 23 heavy (non-hydrogen) atoms. The van der Waals surface area contributed by atoms with Crippen LogP contribution < -0.4 is 15.4 Å². The molecule has 1 saturated heterocycles. The van der Waals surface area contributed by atoms with Gasteiger partial charge in [-0.3, -0.25) is 4.79 Å². The predicted molar refractivity (Wildman–Crippen MR) is 98.4 cm³/mol. The Morgan fingerprint density at radius 3 is 2.87 bits per heavy atom. The maximum absolute atomic E-state index is 12.0. The largest absolute Gasteiger partial charge is 0.481 e. The summed E-state index contributed by atoms with van der Waals surface area (Å²) in [4.78, 5) is 14.4. The zero-order valence-electron chi connectivity index (χ0n) is 13.4. The second-order valence-electron chi connectivity index (χ2n) is 5.45. The van der Waals surface area contributed by atoms with Crippen LogP contribution in [0.4, 0.5) is 0 Å². The van der Waals surface area contributed by atoms with Crippen molar-refractivity contribution in [1.82, 2.24) is 15.5 Å². The molecule has 1 heterocycles. The van der Waals surface area contributed by atoms with E-state index >= 15 is 0 Å². The molecule has 7 heteroatoms. The standard InChI is InChI=1S/C16H24BrN3O2.ClH/c1-13(22-15-5-2-4-14(17)12-15)16(21)19-6-3-9-20-10-7-18-8-11-20;/h2,4-5,12-13,18H,3,6-11H2,1H3,(H,19,21);1H. The Balaban J connectivity index is 0.00000264. The van der Waals surface area contributed by atoms with E-state index < -0.39 is 6.10 Å². The minimum Gasteiger partial charge on any atom is -0.481 e. The van der Waals surface area contributed by atoms with Crippen LogP contribution in [0.2, 0.25) is 0 Å². The van der Waals surface area contributed by atoms with Gasteiger partial charge in [-0.25, -0.2) is 0 Å². The first kappa shape index (κ1) is 20.2. The van der Waals surface area contributed by atoms with Crippen LogP contribution >= 0.6 is 28.3 Å². The van der Waals surface area contributed by atoms with Gasteiger partial charge in [0, 0.05) is 37.2 Å². The summed E-state index contributed by atoms with van der Waals surface area (Å²) >= 11 is 3.39. The van der Waals surface area contributed by atoms with Crippen LogP contribution in [0.3, 0.4) is 0 Å². The van der Waals surface area contributed by atoms with E-state index in [1.54, 1.807) is 6.92 Å². The van der Waals surface area contributed by atoms with Gasteiger partial charge >= 0.3 is 0 Å². The second kappa shape index (κ2) is 10.9. The van der Waals surface area contributed by atoms with Crippen molar-refractivity contribution in [2.24, 2.45) is 0 Å². The number of benzene rings is 1. The highest BCUT2D eigenvalue weighted by Crippen LogP contribution is 2.18. The first-order chi connectivity index (χ1) is 10.6. The molecule has 1 amide bonds. The van der Waals surface area contributed by atoms with Gasteiger partial charge in [-0.2, -0.15) is 0 Å². The van der Waals surface area contributed by atoms with Gasteiger partial charge in [-0.1, -0.05) is 22.0 Å². The molecule has 1 aliphatic rings. The quantitative estimate of drug-likeness (QED) is 0.681. The fourth-order valence-corrected chi connectivity index (χ4v) is 2.77. The van der Waals surface area contributed by atoms with Crippen LogP contribution in [0.1, 0.15) is 13.3 Å². The van der Waals surface area contributed by atoms with Crippen LogP contribution in [0.25, 0.3) is 0 Å². The molecule has 1 aromatic rings. The van der Waals surface area contributed by atoms with Crippen molar-refractivity contribution in [2.45, 2.75) is 19.4 Å². The van der Waals surface area contributed by atoms with E-state index in [4.69, 9.17) is 4.74 Å². The van der Waals surface area contributed by atoms with Crippen molar-refractivity contribution in [1.29, 1.82) is 0 Å². The summed E-state index contributed by atoms with van der Waals surface area (Å²) in [5.41, 5.74) is 0. The van der Waals surface area contributed by atoms with E-state index in [1.165, 1.54) is 0 Å². The lowest BCUT2D eigenvalue weighted by atomic mass is 10.3. The summed E-state index contributed by atoms with van der Waals surface area (Å²) < 4.78 is 6.58. The highest BCUT2D eigenvalue weighted by molar-refractivity contribution is 9.10. The molecule has 0 radical (unpaired) electrons. The molecular weight excluding hydrogens is 382 g/mol. The van der Waals surface area contributed by atoms with Crippen LogP contribution in [0, 0.1) is 0 Å². The first-order valence-electron chi connectivity index (χ1n) is 7.78. The van der Waals surface area contributed by atoms with Gasteiger partial charge in [-0.05, 0) is 38.1 Å². The molecule has 2 N–H and O–H groups in total. The summed E-state index contributed by atoms with van der Waals surface area (Å²) in [7, 11) is 0. The average Bonchev–Trinajstić information content (AvgIpc) is 2.52. The van der Waals surface area contributed by atoms with Crippen molar-refractivity contribution in [3.63, 3.8) is 0 Å². The zero-order valence-corrected chi connectivity index (χ0v) is 15.8. The predicted octanol–water partition coefficient (Wildman–Crippen LogP) is 2.05. The van der Waals surface area contributed by atoms with Gasteiger partial charge in [0.2, 0.25) is 0 Å². The van der Waals surface area contributed by atoms with E-state index in [0.29, 0.717) is 12.3 Å². The topological polar surface area (TPSA) is 53.6 Å². The third kappa shape index (κ3) is 7.52. The number of amides is 1. The minimum absolute atomic E-state index is 0. The molecule has 0 aliphatic carbocycles. The summed E-state index contributed by atoms with van der Waals surface area (Å²) in [6, 6.07) is 7.51. The molecule has 0 bridgehead atoms. The third-order valence-corrected chi connectivity index (χ3v) is 4.13. The molecule has 1 atom stereocenters. The number of ether oxygens (including phenoxy) is 1. The highest BCUT2D eigenvalue weighted by atomic mass is 79.9. The van der Waals surface area contributed by atoms with E-state index in [0.717, 1.165) is 43.6 Å². The van der Waals surface area contributed by atoms with Crippen LogP contribution in [0.5, 0.6) is 5.75 Å². The van der Waals surface area contributed by atoms with E-state index in [9.17, 15) is 4.79 Å². The molecule has 0 spiro atoms. The van der Waals surface area contributed by atoms with Crippen LogP contribution in [-0.4, -0.2) is 56.2 Å². The lowest BCUT2D eigenvalue weighted by Crippen LogP contribution is -2.44. The summed E-state index contributed by atoms with van der Waals surface area (Å²) in [6.07, 6.45) is 0.475. The Kier molecular flexibility index (Phi) is 9.55. The molecule has 1 aliphatic heterocycles. The summed E-state index contributed by atoms with van der Waals surface area (Å²) in [5, 5.41) is 6.27.